The SMILES string of the molecule is COc1ccc(-c2noc(CCCC(=O)O)n2)cc1OC. The maximum absolute atomic E-state index is 10.5. The van der Waals surface area contributed by atoms with Gasteiger partial charge in [0, 0.05) is 18.4 Å². The molecule has 0 radical (unpaired) electrons. The van der Waals surface area contributed by atoms with Crippen LogP contribution in [0.15, 0.2) is 22.7 Å². The zero-order valence-corrected chi connectivity index (χ0v) is 11.8. The third kappa shape index (κ3) is 3.71. The van der Waals surface area contributed by atoms with Gasteiger partial charge in [-0.25, -0.2) is 0 Å². The van der Waals surface area contributed by atoms with Gasteiger partial charge >= 0.3 is 5.97 Å². The van der Waals surface area contributed by atoms with Gasteiger partial charge in [-0.1, -0.05) is 5.16 Å². The van der Waals surface area contributed by atoms with Gasteiger partial charge in [0.1, 0.15) is 0 Å². The topological polar surface area (TPSA) is 94.7 Å². The Balaban J connectivity index is 2.12. The number of nitrogens with zero attached hydrogens (tertiary/aromatic N) is 2. The van der Waals surface area contributed by atoms with E-state index in [2.05, 4.69) is 10.1 Å². The first-order valence-corrected chi connectivity index (χ1v) is 6.41. The molecule has 7 heteroatoms. The third-order valence-corrected chi connectivity index (χ3v) is 2.89. The molecule has 0 spiro atoms. The Morgan fingerprint density at radius 2 is 2.05 bits per heavy atom. The Morgan fingerprint density at radius 1 is 1.29 bits per heavy atom. The molecule has 0 atom stereocenters. The molecule has 0 aliphatic heterocycles. The lowest BCUT2D eigenvalue weighted by Gasteiger charge is -2.07. The number of benzene rings is 1. The van der Waals surface area contributed by atoms with Crippen molar-refractivity contribution in [3.8, 4) is 22.9 Å². The predicted octanol–water partition coefficient (Wildman–Crippen LogP) is 2.16. The maximum Gasteiger partial charge on any atom is 0.303 e. The van der Waals surface area contributed by atoms with Crippen LogP contribution in [0.4, 0.5) is 0 Å². The second-order valence-electron chi connectivity index (χ2n) is 4.33. The molecule has 0 saturated carbocycles. The largest absolute Gasteiger partial charge is 0.493 e. The molecule has 0 saturated heterocycles. The molecular formula is C14H16N2O5. The van der Waals surface area contributed by atoms with E-state index in [0.29, 0.717) is 36.1 Å². The Morgan fingerprint density at radius 3 is 2.71 bits per heavy atom. The number of hydrogen-bond donors (Lipinski definition) is 1. The Labute approximate surface area is 121 Å². The molecule has 0 aliphatic rings. The number of carbonyl (C=O) groups is 1. The summed E-state index contributed by atoms with van der Waals surface area (Å²) in [6.45, 7) is 0. The molecule has 1 aromatic carbocycles. The summed E-state index contributed by atoms with van der Waals surface area (Å²) in [5.41, 5.74) is 0.737. The van der Waals surface area contributed by atoms with E-state index in [9.17, 15) is 4.79 Å². The van der Waals surface area contributed by atoms with Crippen LogP contribution < -0.4 is 9.47 Å². The van der Waals surface area contributed by atoms with Crippen molar-refractivity contribution in [3.05, 3.63) is 24.1 Å². The number of aryl methyl sites for hydroxylation is 1. The van der Waals surface area contributed by atoms with Crippen LogP contribution in [-0.4, -0.2) is 35.4 Å². The lowest BCUT2D eigenvalue weighted by Crippen LogP contribution is -1.96. The predicted molar refractivity (Wildman–Crippen MR) is 73.4 cm³/mol. The number of carboxylic acid groups (broad SMARTS) is 1. The maximum atomic E-state index is 10.5. The van der Waals surface area contributed by atoms with E-state index in [-0.39, 0.29) is 6.42 Å². The van der Waals surface area contributed by atoms with Gasteiger partial charge in [-0.3, -0.25) is 4.79 Å². The van der Waals surface area contributed by atoms with Crippen molar-refractivity contribution >= 4 is 5.97 Å². The van der Waals surface area contributed by atoms with Gasteiger partial charge in [0.05, 0.1) is 14.2 Å². The third-order valence-electron chi connectivity index (χ3n) is 2.89. The summed E-state index contributed by atoms with van der Waals surface area (Å²) in [6.07, 6.45) is 0.976. The fraction of sp³-hybridized carbons (Fsp3) is 0.357. The molecule has 2 aromatic rings. The van der Waals surface area contributed by atoms with Crippen LogP contribution in [-0.2, 0) is 11.2 Å². The zero-order chi connectivity index (χ0) is 15.2. The molecule has 1 N–H and O–H groups in total. The fourth-order valence-electron chi connectivity index (χ4n) is 1.84. The number of carboxylic acids is 1. The first-order chi connectivity index (χ1) is 10.1. The van der Waals surface area contributed by atoms with E-state index in [4.69, 9.17) is 19.1 Å². The molecular weight excluding hydrogens is 276 g/mol. The summed E-state index contributed by atoms with van der Waals surface area (Å²) < 4.78 is 15.5. The minimum atomic E-state index is -0.838. The Hall–Kier alpha value is -2.57. The average Bonchev–Trinajstić information content (AvgIpc) is 2.95. The number of methoxy groups -OCH3 is 2. The van der Waals surface area contributed by atoms with Crippen molar-refractivity contribution in [2.24, 2.45) is 0 Å². The van der Waals surface area contributed by atoms with Crippen LogP contribution in [0, 0.1) is 0 Å². The van der Waals surface area contributed by atoms with Crippen LogP contribution in [0.5, 0.6) is 11.5 Å². The normalized spacial score (nSPS) is 10.4. The molecule has 7 nitrogen and oxygen atoms in total. The van der Waals surface area contributed by atoms with Crippen molar-refractivity contribution < 1.29 is 23.9 Å². The highest BCUT2D eigenvalue weighted by molar-refractivity contribution is 5.66. The van der Waals surface area contributed by atoms with Crippen LogP contribution in [0.1, 0.15) is 18.7 Å². The van der Waals surface area contributed by atoms with Gasteiger partial charge in [-0.2, -0.15) is 4.98 Å². The number of aromatic nitrogens is 2. The minimum absolute atomic E-state index is 0.0775. The lowest BCUT2D eigenvalue weighted by atomic mass is 10.2. The second kappa shape index (κ2) is 6.74. The van der Waals surface area contributed by atoms with E-state index >= 15 is 0 Å². The summed E-state index contributed by atoms with van der Waals surface area (Å²) in [7, 11) is 3.11. The number of ether oxygens (including phenoxy) is 2. The Kier molecular flexibility index (Phi) is 4.76. The van der Waals surface area contributed by atoms with Crippen LogP contribution in [0.3, 0.4) is 0 Å². The first kappa shape index (κ1) is 14.8. The Bertz CT molecular complexity index is 624. The zero-order valence-electron chi connectivity index (χ0n) is 11.8. The van der Waals surface area contributed by atoms with Gasteiger partial charge in [-0.15, -0.1) is 0 Å². The van der Waals surface area contributed by atoms with Gasteiger partial charge in [-0.05, 0) is 24.6 Å². The van der Waals surface area contributed by atoms with E-state index < -0.39 is 5.97 Å². The molecule has 0 aliphatic carbocycles. The van der Waals surface area contributed by atoms with Crippen molar-refractivity contribution in [1.82, 2.24) is 10.1 Å². The monoisotopic (exact) mass is 292 g/mol. The summed E-state index contributed by atoms with van der Waals surface area (Å²) in [5.74, 6) is 1.20. The highest BCUT2D eigenvalue weighted by atomic mass is 16.5. The van der Waals surface area contributed by atoms with E-state index in [1.807, 2.05) is 0 Å². The van der Waals surface area contributed by atoms with Crippen molar-refractivity contribution in [2.75, 3.05) is 14.2 Å². The molecule has 2 rings (SSSR count). The number of aliphatic carboxylic acids is 1. The van der Waals surface area contributed by atoms with Gasteiger partial charge in [0.25, 0.3) is 0 Å². The van der Waals surface area contributed by atoms with E-state index in [1.165, 1.54) is 0 Å². The quantitative estimate of drug-likeness (QED) is 0.835. The first-order valence-electron chi connectivity index (χ1n) is 6.41. The highest BCUT2D eigenvalue weighted by Crippen LogP contribution is 2.31. The molecule has 112 valence electrons. The molecule has 0 fully saturated rings. The minimum Gasteiger partial charge on any atom is -0.493 e. The summed E-state index contributed by atoms with van der Waals surface area (Å²) in [4.78, 5) is 14.7. The summed E-state index contributed by atoms with van der Waals surface area (Å²) in [6, 6.07) is 5.31. The van der Waals surface area contributed by atoms with Gasteiger partial charge < -0.3 is 19.1 Å². The summed E-state index contributed by atoms with van der Waals surface area (Å²) >= 11 is 0. The number of rotatable bonds is 7. The standard InChI is InChI=1S/C14H16N2O5/c1-19-10-7-6-9(8-11(10)20-2)14-15-12(21-16-14)4-3-5-13(17)18/h6-8H,3-5H2,1-2H3,(H,17,18). The molecule has 0 unspecified atom stereocenters. The lowest BCUT2D eigenvalue weighted by molar-refractivity contribution is -0.137. The molecule has 0 bridgehead atoms. The van der Waals surface area contributed by atoms with Gasteiger partial charge in [0.15, 0.2) is 11.5 Å². The van der Waals surface area contributed by atoms with Crippen molar-refractivity contribution in [2.45, 2.75) is 19.3 Å². The molecule has 1 aromatic heterocycles. The summed E-state index contributed by atoms with van der Waals surface area (Å²) in [5, 5.41) is 12.5. The van der Waals surface area contributed by atoms with Gasteiger partial charge in [0.2, 0.25) is 11.7 Å². The molecule has 1 heterocycles. The fourth-order valence-corrected chi connectivity index (χ4v) is 1.84. The smallest absolute Gasteiger partial charge is 0.303 e. The second-order valence-corrected chi connectivity index (χ2v) is 4.33. The van der Waals surface area contributed by atoms with Crippen molar-refractivity contribution in [1.29, 1.82) is 0 Å². The van der Waals surface area contributed by atoms with Crippen molar-refractivity contribution in [3.63, 3.8) is 0 Å². The van der Waals surface area contributed by atoms with E-state index in [0.717, 1.165) is 5.56 Å². The molecule has 21 heavy (non-hydrogen) atoms. The van der Waals surface area contributed by atoms with Crippen LogP contribution in [0.25, 0.3) is 11.4 Å². The molecule has 0 amide bonds. The highest BCUT2D eigenvalue weighted by Gasteiger charge is 2.12. The van der Waals surface area contributed by atoms with Crippen LogP contribution in [0.2, 0.25) is 0 Å². The van der Waals surface area contributed by atoms with Crippen LogP contribution >= 0.6 is 0 Å². The number of hydrogen-bond acceptors (Lipinski definition) is 6. The van der Waals surface area contributed by atoms with E-state index in [1.54, 1.807) is 32.4 Å². The average molecular weight is 292 g/mol.